The monoisotopic (exact) mass is 283 g/mol. The number of aromatic carboxylic acids is 1. The average Bonchev–Trinajstić information content (AvgIpc) is 2.45. The summed E-state index contributed by atoms with van der Waals surface area (Å²) >= 11 is 1.42. The van der Waals surface area contributed by atoms with Crippen LogP contribution in [0.4, 0.5) is 5.69 Å². The minimum absolute atomic E-state index is 0.0340. The van der Waals surface area contributed by atoms with E-state index in [1.54, 1.807) is 12.1 Å². The molecule has 19 heavy (non-hydrogen) atoms. The van der Waals surface area contributed by atoms with Gasteiger partial charge in [0, 0.05) is 17.1 Å². The molecular formula is C13H17NO4S. The predicted molar refractivity (Wildman–Crippen MR) is 74.2 cm³/mol. The second kappa shape index (κ2) is 6.79. The summed E-state index contributed by atoms with van der Waals surface area (Å²) in [7, 11) is 0. The molecule has 1 aromatic rings. The summed E-state index contributed by atoms with van der Waals surface area (Å²) < 4.78 is 10.8. The van der Waals surface area contributed by atoms with E-state index in [1.807, 2.05) is 12.3 Å². The maximum atomic E-state index is 11.3. The number of nitrogens with one attached hydrogen (secondary N) is 1. The summed E-state index contributed by atoms with van der Waals surface area (Å²) in [5.74, 6) is -0.923. The first-order valence-electron chi connectivity index (χ1n) is 6.06. The van der Waals surface area contributed by atoms with Gasteiger partial charge in [-0.3, -0.25) is 0 Å². The van der Waals surface area contributed by atoms with Crippen LogP contribution in [0.5, 0.6) is 0 Å². The van der Waals surface area contributed by atoms with E-state index in [9.17, 15) is 9.90 Å². The third-order valence-electron chi connectivity index (χ3n) is 2.87. The Morgan fingerprint density at radius 1 is 1.53 bits per heavy atom. The highest BCUT2D eigenvalue weighted by atomic mass is 32.2. The molecule has 2 rings (SSSR count). The highest BCUT2D eigenvalue weighted by molar-refractivity contribution is 7.98. The minimum atomic E-state index is -0.923. The summed E-state index contributed by atoms with van der Waals surface area (Å²) in [6, 6.07) is 5.42. The Morgan fingerprint density at radius 3 is 3.00 bits per heavy atom. The Labute approximate surface area is 116 Å². The Hall–Kier alpha value is -1.24. The Balaban J connectivity index is 2.08. The van der Waals surface area contributed by atoms with Gasteiger partial charge in [0.2, 0.25) is 0 Å². The lowest BCUT2D eigenvalue weighted by Crippen LogP contribution is -2.34. The molecule has 2 N–H and O–H groups in total. The molecular weight excluding hydrogens is 266 g/mol. The van der Waals surface area contributed by atoms with Gasteiger partial charge in [-0.2, -0.15) is 0 Å². The van der Waals surface area contributed by atoms with Crippen molar-refractivity contribution in [2.45, 2.75) is 11.0 Å². The van der Waals surface area contributed by atoms with Crippen molar-refractivity contribution in [2.75, 3.05) is 37.9 Å². The van der Waals surface area contributed by atoms with Crippen molar-refractivity contribution in [2.24, 2.45) is 0 Å². The van der Waals surface area contributed by atoms with Crippen LogP contribution in [-0.4, -0.2) is 49.8 Å². The van der Waals surface area contributed by atoms with Crippen LogP contribution in [0.25, 0.3) is 0 Å². The number of carbonyl (C=O) groups is 1. The van der Waals surface area contributed by atoms with Crippen molar-refractivity contribution >= 4 is 23.4 Å². The van der Waals surface area contributed by atoms with Crippen LogP contribution >= 0.6 is 11.8 Å². The standard InChI is InChI=1S/C13H17NO4S/c1-19-11-4-2-3-10(12(11)13(15)16)14-7-9-8-17-5-6-18-9/h2-4,9,14H,5-8H2,1H3,(H,15,16). The summed E-state index contributed by atoms with van der Waals surface area (Å²) in [6.07, 6.45) is 1.83. The van der Waals surface area contributed by atoms with Crippen LogP contribution in [-0.2, 0) is 9.47 Å². The van der Waals surface area contributed by atoms with Gasteiger partial charge in [-0.05, 0) is 18.4 Å². The average molecular weight is 283 g/mol. The number of rotatable bonds is 5. The highest BCUT2D eigenvalue weighted by Gasteiger charge is 2.18. The van der Waals surface area contributed by atoms with E-state index in [2.05, 4.69) is 5.32 Å². The van der Waals surface area contributed by atoms with Crippen LogP contribution in [0.3, 0.4) is 0 Å². The first-order valence-corrected chi connectivity index (χ1v) is 7.28. The summed E-state index contributed by atoms with van der Waals surface area (Å²) in [5.41, 5.74) is 0.931. The van der Waals surface area contributed by atoms with Crippen LogP contribution in [0.1, 0.15) is 10.4 Å². The van der Waals surface area contributed by atoms with E-state index in [0.717, 1.165) is 4.90 Å². The van der Waals surface area contributed by atoms with Crippen molar-refractivity contribution in [3.8, 4) is 0 Å². The molecule has 1 fully saturated rings. The van der Waals surface area contributed by atoms with Crippen LogP contribution in [0, 0.1) is 0 Å². The van der Waals surface area contributed by atoms with Crippen LogP contribution in [0.2, 0.25) is 0 Å². The van der Waals surface area contributed by atoms with Gasteiger partial charge in [0.1, 0.15) is 0 Å². The number of anilines is 1. The number of hydrogen-bond acceptors (Lipinski definition) is 5. The quantitative estimate of drug-likeness (QED) is 0.805. The lowest BCUT2D eigenvalue weighted by Gasteiger charge is -2.24. The third kappa shape index (κ3) is 3.62. The Morgan fingerprint density at radius 2 is 2.37 bits per heavy atom. The van der Waals surface area contributed by atoms with E-state index in [0.29, 0.717) is 37.6 Å². The third-order valence-corrected chi connectivity index (χ3v) is 3.65. The molecule has 1 aromatic carbocycles. The molecule has 1 aliphatic heterocycles. The van der Waals surface area contributed by atoms with E-state index in [4.69, 9.17) is 9.47 Å². The van der Waals surface area contributed by atoms with Gasteiger partial charge in [0.15, 0.2) is 0 Å². The number of ether oxygens (including phenoxy) is 2. The molecule has 1 atom stereocenters. The zero-order chi connectivity index (χ0) is 13.7. The Kier molecular flexibility index (Phi) is 5.07. The van der Waals surface area contributed by atoms with Gasteiger partial charge < -0.3 is 19.9 Å². The number of benzene rings is 1. The lowest BCUT2D eigenvalue weighted by atomic mass is 10.1. The topological polar surface area (TPSA) is 67.8 Å². The summed E-state index contributed by atoms with van der Waals surface area (Å²) in [6.45, 7) is 2.29. The SMILES string of the molecule is CSc1cccc(NCC2COCCO2)c1C(=O)O. The molecule has 1 aliphatic rings. The van der Waals surface area contributed by atoms with Crippen LogP contribution in [0.15, 0.2) is 23.1 Å². The molecule has 0 amide bonds. The van der Waals surface area contributed by atoms with E-state index < -0.39 is 5.97 Å². The van der Waals surface area contributed by atoms with E-state index in [-0.39, 0.29) is 6.10 Å². The maximum Gasteiger partial charge on any atom is 0.338 e. The molecule has 0 radical (unpaired) electrons. The first-order chi connectivity index (χ1) is 9.22. The van der Waals surface area contributed by atoms with Gasteiger partial charge in [0.25, 0.3) is 0 Å². The smallest absolute Gasteiger partial charge is 0.338 e. The molecule has 1 unspecified atom stereocenters. The summed E-state index contributed by atoms with van der Waals surface area (Å²) in [5, 5.41) is 12.4. The molecule has 6 heteroatoms. The zero-order valence-corrected chi connectivity index (χ0v) is 11.5. The molecule has 0 saturated carbocycles. The fourth-order valence-electron chi connectivity index (χ4n) is 1.95. The number of carboxylic acids is 1. The molecule has 0 aliphatic carbocycles. The van der Waals surface area contributed by atoms with Gasteiger partial charge in [-0.15, -0.1) is 11.8 Å². The zero-order valence-electron chi connectivity index (χ0n) is 10.7. The minimum Gasteiger partial charge on any atom is -0.478 e. The van der Waals surface area contributed by atoms with Crippen molar-refractivity contribution in [3.05, 3.63) is 23.8 Å². The fourth-order valence-corrected chi connectivity index (χ4v) is 2.56. The number of thioether (sulfide) groups is 1. The highest BCUT2D eigenvalue weighted by Crippen LogP contribution is 2.27. The molecule has 0 spiro atoms. The lowest BCUT2D eigenvalue weighted by molar-refractivity contribution is -0.0818. The van der Waals surface area contributed by atoms with Gasteiger partial charge >= 0.3 is 5.97 Å². The van der Waals surface area contributed by atoms with E-state index >= 15 is 0 Å². The van der Waals surface area contributed by atoms with Crippen molar-refractivity contribution < 1.29 is 19.4 Å². The molecule has 0 aromatic heterocycles. The molecule has 1 saturated heterocycles. The second-order valence-corrected chi connectivity index (χ2v) is 4.98. The van der Waals surface area contributed by atoms with Gasteiger partial charge in [-0.1, -0.05) is 6.07 Å². The van der Waals surface area contributed by atoms with Crippen molar-refractivity contribution in [1.29, 1.82) is 0 Å². The predicted octanol–water partition coefficient (Wildman–Crippen LogP) is 1.93. The normalized spacial score (nSPS) is 19.1. The second-order valence-electron chi connectivity index (χ2n) is 4.14. The van der Waals surface area contributed by atoms with Crippen molar-refractivity contribution in [1.82, 2.24) is 0 Å². The van der Waals surface area contributed by atoms with E-state index in [1.165, 1.54) is 11.8 Å². The molecule has 1 heterocycles. The molecule has 5 nitrogen and oxygen atoms in total. The molecule has 104 valence electrons. The van der Waals surface area contributed by atoms with Crippen molar-refractivity contribution in [3.63, 3.8) is 0 Å². The van der Waals surface area contributed by atoms with Gasteiger partial charge in [-0.25, -0.2) is 4.79 Å². The number of hydrogen-bond donors (Lipinski definition) is 2. The Bertz CT molecular complexity index is 446. The maximum absolute atomic E-state index is 11.3. The largest absolute Gasteiger partial charge is 0.478 e. The summed E-state index contributed by atoms with van der Waals surface area (Å²) in [4.78, 5) is 12.1. The first kappa shape index (κ1) is 14.2. The van der Waals surface area contributed by atoms with Gasteiger partial charge in [0.05, 0.1) is 31.5 Å². The van der Waals surface area contributed by atoms with Crippen LogP contribution < -0.4 is 5.32 Å². The molecule has 0 bridgehead atoms. The number of carboxylic acid groups (broad SMARTS) is 1. The fraction of sp³-hybridized carbons (Fsp3) is 0.462.